The van der Waals surface area contributed by atoms with E-state index in [0.29, 0.717) is 5.56 Å². The first-order chi connectivity index (χ1) is 8.77. The molecule has 0 unspecified atom stereocenters. The predicted molar refractivity (Wildman–Crippen MR) is 69.7 cm³/mol. The zero-order chi connectivity index (χ0) is 12.8. The molecule has 4 heteroatoms. The van der Waals surface area contributed by atoms with Crippen LogP contribution in [0.15, 0.2) is 60.7 Å². The first-order valence-corrected chi connectivity index (χ1v) is 5.83. The van der Waals surface area contributed by atoms with Gasteiger partial charge in [-0.05, 0) is 17.7 Å². The van der Waals surface area contributed by atoms with Crippen LogP contribution in [0.3, 0.4) is 0 Å². The minimum atomic E-state index is -0.381. The summed E-state index contributed by atoms with van der Waals surface area (Å²) in [5.74, 6) is -0.381. The van der Waals surface area contributed by atoms with Crippen molar-refractivity contribution in [2.45, 2.75) is 6.61 Å². The molecule has 0 aliphatic carbocycles. The third kappa shape index (κ3) is 3.32. The van der Waals surface area contributed by atoms with Crippen LogP contribution in [-0.4, -0.2) is 10.5 Å². The number of benzene rings is 2. The topological polar surface area (TPSA) is 29.5 Å². The summed E-state index contributed by atoms with van der Waals surface area (Å²) in [5.41, 5.74) is 1.43. The Bertz CT molecular complexity index is 502. The quantitative estimate of drug-likeness (QED) is 0.623. The van der Waals surface area contributed by atoms with Crippen LogP contribution in [0.4, 0.5) is 0 Å². The van der Waals surface area contributed by atoms with Gasteiger partial charge in [0.15, 0.2) is 0 Å². The fraction of sp³-hybridized carbons (Fsp3) is 0.0714. The Balaban J connectivity index is 1.93. The van der Waals surface area contributed by atoms with Crippen molar-refractivity contribution < 1.29 is 9.63 Å². The Labute approximate surface area is 111 Å². The highest BCUT2D eigenvalue weighted by Crippen LogP contribution is 2.10. The molecule has 0 fully saturated rings. The van der Waals surface area contributed by atoms with Crippen LogP contribution in [0.5, 0.6) is 0 Å². The van der Waals surface area contributed by atoms with E-state index in [-0.39, 0.29) is 12.5 Å². The largest absolute Gasteiger partial charge is 0.292 e. The summed E-state index contributed by atoms with van der Waals surface area (Å²) >= 11 is 5.78. The Morgan fingerprint density at radius 1 is 1.00 bits per heavy atom. The van der Waals surface area contributed by atoms with Gasteiger partial charge in [-0.3, -0.25) is 9.63 Å². The molecule has 0 aromatic heterocycles. The van der Waals surface area contributed by atoms with Crippen LogP contribution in [0, 0.1) is 0 Å². The first kappa shape index (κ1) is 12.6. The summed E-state index contributed by atoms with van der Waals surface area (Å²) in [4.78, 5) is 17.0. The molecule has 2 aromatic rings. The summed E-state index contributed by atoms with van der Waals surface area (Å²) in [6.07, 6.45) is 0. The molecule has 92 valence electrons. The van der Waals surface area contributed by atoms with Crippen LogP contribution in [-0.2, 0) is 11.4 Å². The zero-order valence-electron chi connectivity index (χ0n) is 9.62. The molecule has 0 atom stereocenters. The molecule has 0 N–H and O–H groups in total. The van der Waals surface area contributed by atoms with Crippen LogP contribution >= 0.6 is 11.8 Å². The van der Waals surface area contributed by atoms with Crippen molar-refractivity contribution in [2.75, 3.05) is 0 Å². The number of hydrogen-bond acceptors (Lipinski definition) is 2. The third-order valence-corrected chi connectivity index (χ3v) is 2.62. The number of halogens is 1. The molecule has 0 radical (unpaired) electrons. The molecule has 0 saturated carbocycles. The molecule has 0 spiro atoms. The van der Waals surface area contributed by atoms with E-state index >= 15 is 0 Å². The van der Waals surface area contributed by atoms with Gasteiger partial charge in [0.1, 0.15) is 6.61 Å². The van der Waals surface area contributed by atoms with Crippen molar-refractivity contribution in [1.29, 1.82) is 0 Å². The number of hydroxylamine groups is 1. The summed E-state index contributed by atoms with van der Waals surface area (Å²) in [6.45, 7) is 0.253. The Kier molecular flexibility index (Phi) is 4.34. The van der Waals surface area contributed by atoms with Crippen LogP contribution in [0.1, 0.15) is 15.9 Å². The third-order valence-electron chi connectivity index (χ3n) is 2.37. The van der Waals surface area contributed by atoms with E-state index in [1.807, 2.05) is 36.4 Å². The molecule has 0 bridgehead atoms. The number of amides is 1. The molecular weight excluding hydrogens is 250 g/mol. The Morgan fingerprint density at radius 2 is 1.56 bits per heavy atom. The molecule has 1 amide bonds. The average molecular weight is 262 g/mol. The molecule has 3 nitrogen and oxygen atoms in total. The van der Waals surface area contributed by atoms with Crippen molar-refractivity contribution in [3.05, 3.63) is 71.8 Å². The normalized spacial score (nSPS) is 10.1. The highest BCUT2D eigenvalue weighted by Gasteiger charge is 2.14. The number of carbonyl (C=O) groups is 1. The first-order valence-electron chi connectivity index (χ1n) is 5.49. The lowest BCUT2D eigenvalue weighted by Crippen LogP contribution is -2.21. The molecule has 2 aromatic carbocycles. The highest BCUT2D eigenvalue weighted by atomic mass is 35.5. The van der Waals surface area contributed by atoms with E-state index in [0.717, 1.165) is 10.1 Å². The lowest BCUT2D eigenvalue weighted by Gasteiger charge is -2.13. The van der Waals surface area contributed by atoms with Crippen LogP contribution in [0.2, 0.25) is 0 Å². The van der Waals surface area contributed by atoms with Gasteiger partial charge in [0.25, 0.3) is 5.91 Å². The van der Waals surface area contributed by atoms with Gasteiger partial charge in [-0.15, -0.1) is 4.58 Å². The van der Waals surface area contributed by atoms with Crippen molar-refractivity contribution in [3.8, 4) is 0 Å². The number of nitrogens with zero attached hydrogens (tertiary/aromatic N) is 1. The van der Waals surface area contributed by atoms with Gasteiger partial charge >= 0.3 is 0 Å². The minimum Gasteiger partial charge on any atom is -0.265 e. The van der Waals surface area contributed by atoms with Gasteiger partial charge < -0.3 is 0 Å². The van der Waals surface area contributed by atoms with Crippen molar-refractivity contribution >= 4 is 17.7 Å². The molecule has 0 saturated heterocycles. The van der Waals surface area contributed by atoms with Crippen molar-refractivity contribution in [3.63, 3.8) is 0 Å². The van der Waals surface area contributed by atoms with Gasteiger partial charge in [0.2, 0.25) is 0 Å². The van der Waals surface area contributed by atoms with E-state index in [9.17, 15) is 4.79 Å². The Hall–Kier alpha value is -1.84. The summed E-state index contributed by atoms with van der Waals surface area (Å²) in [7, 11) is 0. The number of hydrogen-bond donors (Lipinski definition) is 0. The summed E-state index contributed by atoms with van der Waals surface area (Å²) < 4.78 is 0.738. The minimum absolute atomic E-state index is 0.253. The lowest BCUT2D eigenvalue weighted by atomic mass is 10.2. The van der Waals surface area contributed by atoms with E-state index in [2.05, 4.69) is 0 Å². The molecule has 0 aliphatic rings. The maximum atomic E-state index is 11.8. The second-order valence-corrected chi connectivity index (χ2v) is 3.98. The molecule has 18 heavy (non-hydrogen) atoms. The van der Waals surface area contributed by atoms with Crippen molar-refractivity contribution in [1.82, 2.24) is 4.58 Å². The maximum absolute atomic E-state index is 11.8. The van der Waals surface area contributed by atoms with Crippen LogP contribution in [0.25, 0.3) is 0 Å². The van der Waals surface area contributed by atoms with E-state index in [4.69, 9.17) is 16.6 Å². The number of rotatable bonds is 4. The molecular formula is C14H12ClNO2. The fourth-order valence-corrected chi connectivity index (χ4v) is 1.59. The second-order valence-electron chi connectivity index (χ2n) is 3.68. The summed E-state index contributed by atoms with van der Waals surface area (Å²) in [6, 6.07) is 18.3. The number of carbonyl (C=O) groups excluding carboxylic acids is 1. The smallest absolute Gasteiger partial charge is 0.265 e. The average Bonchev–Trinajstić information content (AvgIpc) is 2.46. The molecule has 0 aliphatic heterocycles. The van der Waals surface area contributed by atoms with Gasteiger partial charge in [0, 0.05) is 17.3 Å². The van der Waals surface area contributed by atoms with Crippen LogP contribution < -0.4 is 0 Å². The second kappa shape index (κ2) is 6.19. The van der Waals surface area contributed by atoms with Gasteiger partial charge in [0.05, 0.1) is 0 Å². The van der Waals surface area contributed by atoms with E-state index in [1.165, 1.54) is 0 Å². The summed E-state index contributed by atoms with van der Waals surface area (Å²) in [5, 5.41) is 0. The monoisotopic (exact) mass is 261 g/mol. The standard InChI is InChI=1S/C14H12ClNO2/c15-16(14(17)13-9-5-2-6-10-13)18-11-12-7-3-1-4-8-12/h1-10H,11H2. The zero-order valence-corrected chi connectivity index (χ0v) is 10.4. The maximum Gasteiger partial charge on any atom is 0.292 e. The lowest BCUT2D eigenvalue weighted by molar-refractivity contribution is -0.0691. The SMILES string of the molecule is O=C(c1ccccc1)N(Cl)OCc1ccccc1. The molecule has 0 heterocycles. The Morgan fingerprint density at radius 3 is 2.17 bits per heavy atom. The molecule has 2 rings (SSSR count). The van der Waals surface area contributed by atoms with Gasteiger partial charge in [-0.25, -0.2) is 0 Å². The van der Waals surface area contributed by atoms with E-state index in [1.54, 1.807) is 24.3 Å². The van der Waals surface area contributed by atoms with E-state index < -0.39 is 0 Å². The predicted octanol–water partition coefficient (Wildman–Crippen LogP) is 3.41. The van der Waals surface area contributed by atoms with Crippen molar-refractivity contribution in [2.24, 2.45) is 0 Å². The van der Waals surface area contributed by atoms with Gasteiger partial charge in [-0.2, -0.15) is 0 Å². The highest BCUT2D eigenvalue weighted by molar-refractivity contribution is 6.23. The fourth-order valence-electron chi connectivity index (χ4n) is 1.45. The van der Waals surface area contributed by atoms with Gasteiger partial charge in [-0.1, -0.05) is 48.5 Å².